The molecule has 0 aliphatic rings. The van der Waals surface area contributed by atoms with Gasteiger partial charge in [-0.3, -0.25) is 14.8 Å². The van der Waals surface area contributed by atoms with Gasteiger partial charge in [-0.1, -0.05) is 17.7 Å². The second-order valence-electron chi connectivity index (χ2n) is 3.59. The number of hydrogen-bond donors (Lipinski definition) is 1. The quantitative estimate of drug-likeness (QED) is 0.667. The van der Waals surface area contributed by atoms with Crippen molar-refractivity contribution in [2.45, 2.75) is 6.54 Å². The highest BCUT2D eigenvalue weighted by molar-refractivity contribution is 6.33. The van der Waals surface area contributed by atoms with E-state index in [0.717, 1.165) is 0 Å². The predicted molar refractivity (Wildman–Crippen MR) is 68.8 cm³/mol. The number of hydrogen-bond acceptors (Lipinski definition) is 4. The summed E-state index contributed by atoms with van der Waals surface area (Å²) in [6.07, 6.45) is 3.50. The zero-order valence-electron chi connectivity index (χ0n) is 9.41. The molecule has 0 aliphatic carbocycles. The second-order valence-corrected chi connectivity index (χ2v) is 3.99. The molecule has 1 heterocycles. The maximum absolute atomic E-state index is 10.9. The minimum Gasteiger partial charge on any atom is -0.376 e. The Balaban J connectivity index is 2.06. The molecule has 94 valence electrons. The molecule has 1 aromatic carbocycles. The molecule has 7 heteroatoms. The fourth-order valence-electron chi connectivity index (χ4n) is 1.57. The number of aromatic nitrogens is 2. The number of nitrogens with one attached hydrogen (secondary N) is 1. The highest BCUT2D eigenvalue weighted by Gasteiger charge is 2.15. The fraction of sp³-hybridized carbons (Fsp3) is 0.182. The lowest BCUT2D eigenvalue weighted by Crippen LogP contribution is -2.12. The normalized spacial score (nSPS) is 10.3. The average molecular weight is 267 g/mol. The number of para-hydroxylation sites is 1. The van der Waals surface area contributed by atoms with Crippen LogP contribution in [0.25, 0.3) is 0 Å². The van der Waals surface area contributed by atoms with Crippen LogP contribution in [0.4, 0.5) is 11.4 Å². The molecule has 1 aromatic heterocycles. The first-order valence-corrected chi connectivity index (χ1v) is 5.70. The van der Waals surface area contributed by atoms with E-state index in [1.54, 1.807) is 23.0 Å². The van der Waals surface area contributed by atoms with Crippen LogP contribution in [0.15, 0.2) is 36.7 Å². The van der Waals surface area contributed by atoms with Gasteiger partial charge in [-0.15, -0.1) is 0 Å². The van der Waals surface area contributed by atoms with Crippen LogP contribution < -0.4 is 5.32 Å². The van der Waals surface area contributed by atoms with Crippen molar-refractivity contribution < 1.29 is 4.92 Å². The van der Waals surface area contributed by atoms with Gasteiger partial charge in [0.1, 0.15) is 5.69 Å². The number of nitro groups is 1. The summed E-state index contributed by atoms with van der Waals surface area (Å²) in [6.45, 7) is 1.11. The third kappa shape index (κ3) is 2.78. The van der Waals surface area contributed by atoms with E-state index in [0.29, 0.717) is 23.8 Å². The summed E-state index contributed by atoms with van der Waals surface area (Å²) in [4.78, 5) is 10.4. The summed E-state index contributed by atoms with van der Waals surface area (Å²) in [5.74, 6) is 0. The molecular weight excluding hydrogens is 256 g/mol. The number of anilines is 1. The molecule has 0 unspecified atom stereocenters. The molecule has 2 aromatic rings. The van der Waals surface area contributed by atoms with Gasteiger partial charge in [-0.25, -0.2) is 0 Å². The summed E-state index contributed by atoms with van der Waals surface area (Å²) >= 11 is 5.94. The number of nitro benzene ring substituents is 1. The highest BCUT2D eigenvalue weighted by Crippen LogP contribution is 2.31. The lowest BCUT2D eigenvalue weighted by Gasteiger charge is -2.08. The standard InChI is InChI=1S/C11H11ClN4O2/c12-9-3-1-4-10(16(17)18)11(9)13-6-8-15-7-2-5-14-15/h1-5,7,13H,6,8H2. The van der Waals surface area contributed by atoms with Crippen molar-refractivity contribution in [2.24, 2.45) is 0 Å². The van der Waals surface area contributed by atoms with Crippen LogP contribution in [0.5, 0.6) is 0 Å². The van der Waals surface area contributed by atoms with Gasteiger partial charge >= 0.3 is 0 Å². The first-order valence-electron chi connectivity index (χ1n) is 5.32. The molecule has 0 saturated carbocycles. The van der Waals surface area contributed by atoms with Gasteiger partial charge in [0, 0.05) is 25.0 Å². The Morgan fingerprint density at radius 3 is 2.94 bits per heavy atom. The number of benzene rings is 1. The van der Waals surface area contributed by atoms with Crippen LogP contribution in [-0.2, 0) is 6.54 Å². The maximum atomic E-state index is 10.9. The Hall–Kier alpha value is -2.08. The lowest BCUT2D eigenvalue weighted by molar-refractivity contribution is -0.383. The van der Waals surface area contributed by atoms with E-state index in [1.165, 1.54) is 6.07 Å². The van der Waals surface area contributed by atoms with Crippen LogP contribution in [0, 0.1) is 10.1 Å². The molecule has 0 saturated heterocycles. The Kier molecular flexibility index (Phi) is 3.78. The van der Waals surface area contributed by atoms with Crippen LogP contribution in [0.2, 0.25) is 5.02 Å². The van der Waals surface area contributed by atoms with Gasteiger partial charge in [0.05, 0.1) is 16.5 Å². The lowest BCUT2D eigenvalue weighted by atomic mass is 10.2. The average Bonchev–Trinajstić information content (AvgIpc) is 2.84. The van der Waals surface area contributed by atoms with Crippen molar-refractivity contribution in [3.63, 3.8) is 0 Å². The van der Waals surface area contributed by atoms with Crippen molar-refractivity contribution in [3.05, 3.63) is 51.8 Å². The van der Waals surface area contributed by atoms with Crippen molar-refractivity contribution in [1.82, 2.24) is 9.78 Å². The summed E-state index contributed by atoms with van der Waals surface area (Å²) in [7, 11) is 0. The molecule has 18 heavy (non-hydrogen) atoms. The van der Waals surface area contributed by atoms with Crippen LogP contribution >= 0.6 is 11.6 Å². The number of nitrogens with zero attached hydrogens (tertiary/aromatic N) is 3. The maximum Gasteiger partial charge on any atom is 0.293 e. The third-order valence-corrected chi connectivity index (χ3v) is 2.71. The van der Waals surface area contributed by atoms with Gasteiger partial charge in [0.2, 0.25) is 0 Å². The molecule has 0 radical (unpaired) electrons. The molecule has 0 aliphatic heterocycles. The van der Waals surface area contributed by atoms with Gasteiger partial charge in [-0.2, -0.15) is 5.10 Å². The third-order valence-electron chi connectivity index (χ3n) is 2.39. The van der Waals surface area contributed by atoms with E-state index in [1.807, 2.05) is 12.3 Å². The zero-order valence-corrected chi connectivity index (χ0v) is 10.2. The molecule has 0 atom stereocenters. The fourth-order valence-corrected chi connectivity index (χ4v) is 1.80. The summed E-state index contributed by atoms with van der Waals surface area (Å²) < 4.78 is 1.73. The monoisotopic (exact) mass is 266 g/mol. The number of rotatable bonds is 5. The molecule has 0 fully saturated rings. The van der Waals surface area contributed by atoms with E-state index in [-0.39, 0.29) is 5.69 Å². The molecule has 0 spiro atoms. The van der Waals surface area contributed by atoms with Crippen molar-refractivity contribution in [2.75, 3.05) is 11.9 Å². The minimum atomic E-state index is -0.456. The van der Waals surface area contributed by atoms with Crippen LogP contribution in [0.1, 0.15) is 0 Å². The van der Waals surface area contributed by atoms with Gasteiger partial charge in [-0.05, 0) is 12.1 Å². The molecule has 0 bridgehead atoms. The van der Waals surface area contributed by atoms with E-state index in [4.69, 9.17) is 11.6 Å². The van der Waals surface area contributed by atoms with Crippen molar-refractivity contribution in [3.8, 4) is 0 Å². The first-order chi connectivity index (χ1) is 8.68. The Morgan fingerprint density at radius 2 is 2.28 bits per heavy atom. The smallest absolute Gasteiger partial charge is 0.293 e. The molecular formula is C11H11ClN4O2. The zero-order chi connectivity index (χ0) is 13.0. The van der Waals surface area contributed by atoms with Crippen LogP contribution in [-0.4, -0.2) is 21.2 Å². The Morgan fingerprint density at radius 1 is 1.44 bits per heavy atom. The number of halogens is 1. The first kappa shape index (κ1) is 12.4. The summed E-state index contributed by atoms with van der Waals surface area (Å²) in [5.41, 5.74) is 0.319. The van der Waals surface area contributed by atoms with E-state index < -0.39 is 4.92 Å². The molecule has 2 rings (SSSR count). The van der Waals surface area contributed by atoms with E-state index in [9.17, 15) is 10.1 Å². The SMILES string of the molecule is O=[N+]([O-])c1cccc(Cl)c1NCCn1cccn1. The van der Waals surface area contributed by atoms with Gasteiger partial charge < -0.3 is 5.32 Å². The predicted octanol–water partition coefficient (Wildman–Crippen LogP) is 2.56. The summed E-state index contributed by atoms with van der Waals surface area (Å²) in [6, 6.07) is 6.41. The molecule has 1 N–H and O–H groups in total. The van der Waals surface area contributed by atoms with Crippen molar-refractivity contribution >= 4 is 23.0 Å². The van der Waals surface area contributed by atoms with Gasteiger partial charge in [0.15, 0.2) is 0 Å². The molecule has 0 amide bonds. The Labute approximate surface area is 108 Å². The largest absolute Gasteiger partial charge is 0.376 e. The molecule has 6 nitrogen and oxygen atoms in total. The van der Waals surface area contributed by atoms with Gasteiger partial charge in [0.25, 0.3) is 5.69 Å². The van der Waals surface area contributed by atoms with Crippen LogP contribution in [0.3, 0.4) is 0 Å². The van der Waals surface area contributed by atoms with E-state index in [2.05, 4.69) is 10.4 Å². The highest BCUT2D eigenvalue weighted by atomic mass is 35.5. The van der Waals surface area contributed by atoms with Crippen molar-refractivity contribution in [1.29, 1.82) is 0 Å². The topological polar surface area (TPSA) is 73.0 Å². The Bertz CT molecular complexity index is 542. The second kappa shape index (κ2) is 5.50. The summed E-state index contributed by atoms with van der Waals surface area (Å²) in [5, 5.41) is 18.2. The van der Waals surface area contributed by atoms with E-state index >= 15 is 0 Å². The minimum absolute atomic E-state index is 0.0250.